The molecule has 10 heavy (non-hydrogen) atoms. The molecule has 0 atom stereocenters. The Bertz CT molecular complexity index is 141. The number of allylic oxidation sites excluding steroid dienone is 1. The summed E-state index contributed by atoms with van der Waals surface area (Å²) in [5, 5.41) is 0. The Morgan fingerprint density at radius 2 is 2.20 bits per heavy atom. The second kappa shape index (κ2) is 4.99. The van der Waals surface area contributed by atoms with E-state index in [9.17, 15) is 4.39 Å². The fourth-order valence-electron chi connectivity index (χ4n) is 0.464. The van der Waals surface area contributed by atoms with Crippen molar-refractivity contribution in [2.75, 3.05) is 20.8 Å². The lowest BCUT2D eigenvalue weighted by Gasteiger charge is -2.00. The maximum absolute atomic E-state index is 12.2. The minimum Gasteiger partial charge on any atom is -0.494 e. The molecule has 0 rings (SSSR count). The molecule has 3 heteroatoms. The van der Waals surface area contributed by atoms with Gasteiger partial charge in [-0.15, -0.1) is 0 Å². The third-order valence-electron chi connectivity index (χ3n) is 0.923. The molecule has 0 aliphatic heterocycles. The molecule has 0 saturated heterocycles. The molecule has 0 bridgehead atoms. The van der Waals surface area contributed by atoms with Crippen molar-refractivity contribution in [3.05, 3.63) is 24.2 Å². The third-order valence-corrected chi connectivity index (χ3v) is 0.923. The molecule has 0 aliphatic rings. The van der Waals surface area contributed by atoms with Crippen LogP contribution < -0.4 is 0 Å². The standard InChI is InChI=1S/C7H11FO2/c1-6(8)7(10-3)4-5-9-2/h4H,1,5H2,2-3H3/b7-4+. The molecule has 58 valence electrons. The average Bonchev–Trinajstić information content (AvgIpc) is 1.89. The monoisotopic (exact) mass is 146 g/mol. The first-order valence-corrected chi connectivity index (χ1v) is 2.80. The van der Waals surface area contributed by atoms with E-state index in [-0.39, 0.29) is 5.76 Å². The van der Waals surface area contributed by atoms with Crippen LogP contribution in [0.4, 0.5) is 4.39 Å². The van der Waals surface area contributed by atoms with Gasteiger partial charge in [0.2, 0.25) is 0 Å². The quantitative estimate of drug-likeness (QED) is 0.443. The number of halogens is 1. The molecule has 0 aromatic carbocycles. The van der Waals surface area contributed by atoms with E-state index in [0.29, 0.717) is 6.61 Å². The molecular formula is C7H11FO2. The summed E-state index contributed by atoms with van der Waals surface area (Å²) in [6.07, 6.45) is 1.47. The smallest absolute Gasteiger partial charge is 0.157 e. The first kappa shape index (κ1) is 9.17. The van der Waals surface area contributed by atoms with Crippen LogP contribution in [0, 0.1) is 0 Å². The van der Waals surface area contributed by atoms with Gasteiger partial charge >= 0.3 is 0 Å². The highest BCUT2D eigenvalue weighted by atomic mass is 19.1. The highest BCUT2D eigenvalue weighted by molar-refractivity contribution is 5.15. The maximum Gasteiger partial charge on any atom is 0.157 e. The second-order valence-corrected chi connectivity index (χ2v) is 1.63. The van der Waals surface area contributed by atoms with E-state index >= 15 is 0 Å². The first-order chi connectivity index (χ1) is 4.72. The molecule has 0 amide bonds. The molecule has 0 heterocycles. The van der Waals surface area contributed by atoms with Crippen LogP contribution in [0.15, 0.2) is 24.2 Å². The van der Waals surface area contributed by atoms with E-state index < -0.39 is 5.83 Å². The SMILES string of the molecule is C=C(F)/C(=C\COC)OC. The lowest BCUT2D eigenvalue weighted by atomic mass is 10.4. The largest absolute Gasteiger partial charge is 0.494 e. The van der Waals surface area contributed by atoms with Gasteiger partial charge in [-0.1, -0.05) is 6.58 Å². The van der Waals surface area contributed by atoms with Crippen molar-refractivity contribution in [3.63, 3.8) is 0 Å². The summed E-state index contributed by atoms with van der Waals surface area (Å²) in [4.78, 5) is 0. The fraction of sp³-hybridized carbons (Fsp3) is 0.429. The predicted octanol–water partition coefficient (Wildman–Crippen LogP) is 1.65. The van der Waals surface area contributed by atoms with Crippen LogP contribution >= 0.6 is 0 Å². The van der Waals surface area contributed by atoms with Gasteiger partial charge < -0.3 is 9.47 Å². The van der Waals surface area contributed by atoms with Gasteiger partial charge in [0, 0.05) is 7.11 Å². The van der Waals surface area contributed by atoms with Gasteiger partial charge in [-0.2, -0.15) is 0 Å². The zero-order valence-corrected chi connectivity index (χ0v) is 6.19. The zero-order chi connectivity index (χ0) is 7.98. The van der Waals surface area contributed by atoms with Crippen molar-refractivity contribution in [2.45, 2.75) is 0 Å². The van der Waals surface area contributed by atoms with Gasteiger partial charge in [0.1, 0.15) is 0 Å². The van der Waals surface area contributed by atoms with E-state index in [2.05, 4.69) is 16.1 Å². The summed E-state index contributed by atoms with van der Waals surface area (Å²) in [7, 11) is 2.90. The molecule has 0 fully saturated rings. The normalized spacial score (nSPS) is 11.3. The predicted molar refractivity (Wildman–Crippen MR) is 37.2 cm³/mol. The van der Waals surface area contributed by atoms with Crippen LogP contribution in [0.25, 0.3) is 0 Å². The van der Waals surface area contributed by atoms with E-state index in [1.54, 1.807) is 0 Å². The second-order valence-electron chi connectivity index (χ2n) is 1.63. The fourth-order valence-corrected chi connectivity index (χ4v) is 0.464. The molecular weight excluding hydrogens is 135 g/mol. The van der Waals surface area contributed by atoms with Gasteiger partial charge in [0.05, 0.1) is 13.7 Å². The minimum absolute atomic E-state index is 0.127. The maximum atomic E-state index is 12.2. The Hall–Kier alpha value is -0.830. The summed E-state index contributed by atoms with van der Waals surface area (Å²) in [6, 6.07) is 0. The molecule has 0 aromatic rings. The summed E-state index contributed by atoms with van der Waals surface area (Å²) in [5.74, 6) is -0.457. The molecule has 2 nitrogen and oxygen atoms in total. The highest BCUT2D eigenvalue weighted by Crippen LogP contribution is 2.08. The molecule has 0 unspecified atom stereocenters. The topological polar surface area (TPSA) is 18.5 Å². The van der Waals surface area contributed by atoms with Crippen LogP contribution in [-0.4, -0.2) is 20.8 Å². The zero-order valence-electron chi connectivity index (χ0n) is 6.19. The van der Waals surface area contributed by atoms with Crippen molar-refractivity contribution in [1.82, 2.24) is 0 Å². The van der Waals surface area contributed by atoms with E-state index in [0.717, 1.165) is 0 Å². The number of hydrogen-bond acceptors (Lipinski definition) is 2. The van der Waals surface area contributed by atoms with Crippen molar-refractivity contribution >= 4 is 0 Å². The van der Waals surface area contributed by atoms with Gasteiger partial charge in [0.15, 0.2) is 11.6 Å². The van der Waals surface area contributed by atoms with Crippen LogP contribution in [0.1, 0.15) is 0 Å². The Morgan fingerprint density at radius 3 is 2.50 bits per heavy atom. The molecule has 0 aliphatic carbocycles. The van der Waals surface area contributed by atoms with Crippen LogP contribution in [0.2, 0.25) is 0 Å². The van der Waals surface area contributed by atoms with E-state index in [4.69, 9.17) is 0 Å². The highest BCUT2D eigenvalue weighted by Gasteiger charge is 1.98. The number of methoxy groups -OCH3 is 2. The van der Waals surface area contributed by atoms with E-state index in [1.807, 2.05) is 0 Å². The van der Waals surface area contributed by atoms with Gasteiger partial charge in [-0.3, -0.25) is 0 Å². The Balaban J connectivity index is 3.91. The van der Waals surface area contributed by atoms with Crippen LogP contribution in [0.5, 0.6) is 0 Å². The Labute approximate surface area is 59.9 Å². The number of hydrogen-bond donors (Lipinski definition) is 0. The molecule has 0 N–H and O–H groups in total. The molecule has 0 aromatic heterocycles. The Morgan fingerprint density at radius 1 is 1.60 bits per heavy atom. The van der Waals surface area contributed by atoms with Crippen molar-refractivity contribution in [2.24, 2.45) is 0 Å². The summed E-state index contributed by atoms with van der Waals surface area (Å²) >= 11 is 0. The third kappa shape index (κ3) is 3.25. The number of rotatable bonds is 4. The van der Waals surface area contributed by atoms with Crippen LogP contribution in [-0.2, 0) is 9.47 Å². The van der Waals surface area contributed by atoms with Crippen molar-refractivity contribution in [3.8, 4) is 0 Å². The molecule has 0 spiro atoms. The van der Waals surface area contributed by atoms with Gasteiger partial charge in [-0.25, -0.2) is 4.39 Å². The average molecular weight is 146 g/mol. The summed E-state index contributed by atoms with van der Waals surface area (Å²) < 4.78 is 21.5. The summed E-state index contributed by atoms with van der Waals surface area (Å²) in [5.41, 5.74) is 0. The van der Waals surface area contributed by atoms with Crippen LogP contribution in [0.3, 0.4) is 0 Å². The first-order valence-electron chi connectivity index (χ1n) is 2.80. The van der Waals surface area contributed by atoms with Gasteiger partial charge in [0.25, 0.3) is 0 Å². The molecule has 0 saturated carbocycles. The van der Waals surface area contributed by atoms with Gasteiger partial charge in [-0.05, 0) is 6.08 Å². The molecule has 0 radical (unpaired) electrons. The van der Waals surface area contributed by atoms with E-state index in [1.165, 1.54) is 20.3 Å². The number of ether oxygens (including phenoxy) is 2. The lowest BCUT2D eigenvalue weighted by Crippen LogP contribution is -1.90. The van der Waals surface area contributed by atoms with Crippen molar-refractivity contribution in [1.29, 1.82) is 0 Å². The lowest BCUT2D eigenvalue weighted by molar-refractivity contribution is 0.222. The summed E-state index contributed by atoms with van der Waals surface area (Å²) in [6.45, 7) is 3.39. The minimum atomic E-state index is -0.584. The Kier molecular flexibility index (Phi) is 4.58. The van der Waals surface area contributed by atoms with Crippen molar-refractivity contribution < 1.29 is 13.9 Å².